The Morgan fingerprint density at radius 3 is 2.52 bits per heavy atom. The van der Waals surface area contributed by atoms with Crippen LogP contribution in [0.25, 0.3) is 0 Å². The van der Waals surface area contributed by atoms with Gasteiger partial charge >= 0.3 is 11.9 Å². The largest absolute Gasteiger partial charge is 0.474 e. The second-order valence-electron chi connectivity index (χ2n) is 4.89. The summed E-state index contributed by atoms with van der Waals surface area (Å²) in [4.78, 5) is 21.9. The summed E-state index contributed by atoms with van der Waals surface area (Å²) < 4.78 is 1.76. The van der Waals surface area contributed by atoms with Crippen LogP contribution < -0.4 is 5.32 Å². The van der Waals surface area contributed by atoms with Crippen LogP contribution in [0.3, 0.4) is 0 Å². The zero-order chi connectivity index (χ0) is 15.6. The molecule has 2 rings (SSSR count). The Balaban J connectivity index is 2.29. The zero-order valence-electron chi connectivity index (χ0n) is 12.2. The highest BCUT2D eigenvalue weighted by molar-refractivity contribution is 6.36. The number of hydrogen-bond donors (Lipinski definition) is 2. The molecule has 0 saturated carbocycles. The van der Waals surface area contributed by atoms with Crippen molar-refractivity contribution in [3.63, 3.8) is 0 Å². The van der Waals surface area contributed by atoms with Crippen molar-refractivity contribution < 1.29 is 14.7 Å². The van der Waals surface area contributed by atoms with Gasteiger partial charge in [-0.25, -0.2) is 4.79 Å². The topological polar surface area (TPSA) is 84.2 Å². The fourth-order valence-electron chi connectivity index (χ4n) is 2.15. The first-order valence-electron chi connectivity index (χ1n) is 6.53. The average molecular weight is 287 g/mol. The zero-order valence-corrected chi connectivity index (χ0v) is 12.2. The molecule has 2 aromatic rings. The van der Waals surface area contributed by atoms with E-state index >= 15 is 0 Å². The Hall–Kier alpha value is -2.63. The van der Waals surface area contributed by atoms with Gasteiger partial charge in [0.1, 0.15) is 0 Å². The standard InChI is InChI=1S/C15H17N3O3/c1-9-6-4-5-7-12(9)8-18-11(3)13(10(2)17-18)16-14(19)15(20)21/h4-7H,8H2,1-3H3,(H,16,19)(H,20,21). The Morgan fingerprint density at radius 2 is 1.90 bits per heavy atom. The maximum Gasteiger partial charge on any atom is 0.394 e. The lowest BCUT2D eigenvalue weighted by atomic mass is 10.1. The van der Waals surface area contributed by atoms with Crippen molar-refractivity contribution in [2.24, 2.45) is 0 Å². The van der Waals surface area contributed by atoms with Gasteiger partial charge in [0.15, 0.2) is 0 Å². The van der Waals surface area contributed by atoms with E-state index in [1.165, 1.54) is 0 Å². The summed E-state index contributed by atoms with van der Waals surface area (Å²) in [5, 5.41) is 15.4. The van der Waals surface area contributed by atoms with E-state index < -0.39 is 11.9 Å². The third-order valence-corrected chi connectivity index (χ3v) is 3.40. The molecule has 0 spiro atoms. The molecule has 1 aromatic carbocycles. The smallest absolute Gasteiger partial charge is 0.394 e. The summed E-state index contributed by atoms with van der Waals surface area (Å²) in [5.74, 6) is -2.57. The lowest BCUT2D eigenvalue weighted by Gasteiger charge is -2.08. The first kappa shape index (κ1) is 14.8. The first-order valence-corrected chi connectivity index (χ1v) is 6.53. The Morgan fingerprint density at radius 1 is 1.24 bits per heavy atom. The van der Waals surface area contributed by atoms with Crippen molar-refractivity contribution in [3.05, 3.63) is 46.8 Å². The molecule has 2 N–H and O–H groups in total. The van der Waals surface area contributed by atoms with E-state index in [9.17, 15) is 9.59 Å². The van der Waals surface area contributed by atoms with Crippen LogP contribution in [-0.2, 0) is 16.1 Å². The molecule has 21 heavy (non-hydrogen) atoms. The Kier molecular flexibility index (Phi) is 4.07. The molecule has 1 amide bonds. The van der Waals surface area contributed by atoms with Crippen molar-refractivity contribution in [1.82, 2.24) is 9.78 Å². The van der Waals surface area contributed by atoms with E-state index in [0.29, 0.717) is 17.9 Å². The lowest BCUT2D eigenvalue weighted by molar-refractivity contribution is -0.147. The number of nitrogens with zero attached hydrogens (tertiary/aromatic N) is 2. The molecule has 1 heterocycles. The van der Waals surface area contributed by atoms with Crippen LogP contribution in [0.1, 0.15) is 22.5 Å². The molecule has 0 atom stereocenters. The third-order valence-electron chi connectivity index (χ3n) is 3.40. The van der Waals surface area contributed by atoms with Crippen LogP contribution >= 0.6 is 0 Å². The van der Waals surface area contributed by atoms with Crippen LogP contribution in [0.15, 0.2) is 24.3 Å². The van der Waals surface area contributed by atoms with E-state index in [2.05, 4.69) is 10.4 Å². The number of aromatic nitrogens is 2. The number of hydrogen-bond acceptors (Lipinski definition) is 3. The van der Waals surface area contributed by atoms with Crippen molar-refractivity contribution >= 4 is 17.6 Å². The van der Waals surface area contributed by atoms with Gasteiger partial charge in [-0.1, -0.05) is 24.3 Å². The minimum absolute atomic E-state index is 0.455. The number of rotatable bonds is 3. The van der Waals surface area contributed by atoms with Crippen LogP contribution in [0.4, 0.5) is 5.69 Å². The summed E-state index contributed by atoms with van der Waals surface area (Å²) in [7, 11) is 0. The van der Waals surface area contributed by atoms with Crippen molar-refractivity contribution in [3.8, 4) is 0 Å². The molecular formula is C15H17N3O3. The minimum atomic E-state index is -1.51. The molecule has 6 heteroatoms. The number of carbonyl (C=O) groups excluding carboxylic acids is 1. The van der Waals surface area contributed by atoms with Crippen molar-refractivity contribution in [1.29, 1.82) is 0 Å². The second-order valence-corrected chi connectivity index (χ2v) is 4.89. The quantitative estimate of drug-likeness (QED) is 0.844. The number of amides is 1. The number of carboxylic acid groups (broad SMARTS) is 1. The lowest BCUT2D eigenvalue weighted by Crippen LogP contribution is -2.22. The van der Waals surface area contributed by atoms with E-state index in [0.717, 1.165) is 16.8 Å². The Bertz CT molecular complexity index is 704. The molecular weight excluding hydrogens is 270 g/mol. The van der Waals surface area contributed by atoms with Gasteiger partial charge in [-0.15, -0.1) is 0 Å². The predicted octanol–water partition coefficient (Wildman–Crippen LogP) is 1.88. The van der Waals surface area contributed by atoms with E-state index in [4.69, 9.17) is 5.11 Å². The SMILES string of the molecule is Cc1ccccc1Cn1nc(C)c(NC(=O)C(=O)O)c1C. The number of carbonyl (C=O) groups is 2. The number of nitrogens with one attached hydrogen (secondary N) is 1. The molecule has 110 valence electrons. The van der Waals surface area contributed by atoms with Crippen molar-refractivity contribution in [2.75, 3.05) is 5.32 Å². The van der Waals surface area contributed by atoms with Gasteiger partial charge in [-0.2, -0.15) is 5.10 Å². The summed E-state index contributed by atoms with van der Waals surface area (Å²) in [6.45, 7) is 6.13. The normalized spacial score (nSPS) is 10.4. The maximum absolute atomic E-state index is 11.3. The number of aryl methyl sites for hydroxylation is 2. The van der Waals surface area contributed by atoms with Crippen LogP contribution in [0.5, 0.6) is 0 Å². The molecule has 0 bridgehead atoms. The van der Waals surface area contributed by atoms with Crippen molar-refractivity contribution in [2.45, 2.75) is 27.3 Å². The highest BCUT2D eigenvalue weighted by Gasteiger charge is 2.18. The van der Waals surface area contributed by atoms with Gasteiger partial charge < -0.3 is 10.4 Å². The van der Waals surface area contributed by atoms with Gasteiger partial charge in [0.2, 0.25) is 0 Å². The van der Waals surface area contributed by atoms with Gasteiger partial charge in [-0.05, 0) is 31.9 Å². The molecule has 0 radical (unpaired) electrons. The van der Waals surface area contributed by atoms with Gasteiger partial charge in [-0.3, -0.25) is 9.48 Å². The molecule has 0 aliphatic heterocycles. The highest BCUT2D eigenvalue weighted by Crippen LogP contribution is 2.21. The van der Waals surface area contributed by atoms with Gasteiger partial charge in [0.05, 0.1) is 23.6 Å². The fourth-order valence-corrected chi connectivity index (χ4v) is 2.15. The molecule has 0 fully saturated rings. The van der Waals surface area contributed by atoms with Gasteiger partial charge in [0.25, 0.3) is 0 Å². The summed E-state index contributed by atoms with van der Waals surface area (Å²) >= 11 is 0. The molecule has 0 aliphatic rings. The van der Waals surface area contributed by atoms with E-state index in [1.54, 1.807) is 18.5 Å². The first-order chi connectivity index (χ1) is 9.90. The summed E-state index contributed by atoms with van der Waals surface area (Å²) in [5.41, 5.74) is 4.05. The summed E-state index contributed by atoms with van der Waals surface area (Å²) in [6, 6.07) is 7.97. The number of anilines is 1. The van der Waals surface area contributed by atoms with E-state index in [1.807, 2.05) is 31.2 Å². The second kappa shape index (κ2) is 5.78. The van der Waals surface area contributed by atoms with Crippen LogP contribution in [0, 0.1) is 20.8 Å². The third kappa shape index (κ3) is 3.10. The molecule has 6 nitrogen and oxygen atoms in total. The summed E-state index contributed by atoms with van der Waals surface area (Å²) in [6.07, 6.45) is 0. The number of benzene rings is 1. The number of carboxylic acids is 1. The van der Waals surface area contributed by atoms with Gasteiger partial charge in [0, 0.05) is 0 Å². The fraction of sp³-hybridized carbons (Fsp3) is 0.267. The monoisotopic (exact) mass is 287 g/mol. The van der Waals surface area contributed by atoms with E-state index in [-0.39, 0.29) is 0 Å². The minimum Gasteiger partial charge on any atom is -0.474 e. The predicted molar refractivity (Wildman–Crippen MR) is 78.2 cm³/mol. The Labute approximate surface area is 122 Å². The number of aliphatic carboxylic acids is 1. The van der Waals surface area contributed by atoms with Crippen LogP contribution in [-0.4, -0.2) is 26.8 Å². The molecule has 1 aromatic heterocycles. The maximum atomic E-state index is 11.3. The average Bonchev–Trinajstić information content (AvgIpc) is 2.69. The highest BCUT2D eigenvalue weighted by atomic mass is 16.4. The van der Waals surface area contributed by atoms with Crippen LogP contribution in [0.2, 0.25) is 0 Å². The molecule has 0 aliphatic carbocycles. The molecule has 0 unspecified atom stereocenters. The molecule has 0 saturated heterocycles.